The molecule has 1 unspecified atom stereocenters. The summed E-state index contributed by atoms with van der Waals surface area (Å²) in [6.07, 6.45) is 2.38. The molecule has 0 aliphatic carbocycles. The van der Waals surface area contributed by atoms with Crippen LogP contribution in [-0.2, 0) is 9.96 Å². The summed E-state index contributed by atoms with van der Waals surface area (Å²) >= 11 is 0. The standard InChI is InChI=1S/C23H31NOSi/c1-22(2,3)26(4,5)25-18-23(21-14-10-7-11-15-21)16-20(17-24-23)19-12-8-6-9-13-19/h6-16,24H,17-18H2,1-5H3. The molecule has 0 amide bonds. The molecule has 2 aromatic rings. The van der Waals surface area contributed by atoms with E-state index in [0.29, 0.717) is 6.61 Å². The third-order valence-corrected chi connectivity index (χ3v) is 10.4. The van der Waals surface area contributed by atoms with Gasteiger partial charge in [-0.15, -0.1) is 0 Å². The van der Waals surface area contributed by atoms with Gasteiger partial charge in [-0.1, -0.05) is 87.5 Å². The fraction of sp³-hybridized carbons (Fsp3) is 0.391. The van der Waals surface area contributed by atoms with Crippen LogP contribution in [0.2, 0.25) is 18.1 Å². The van der Waals surface area contributed by atoms with Crippen molar-refractivity contribution in [3.8, 4) is 0 Å². The van der Waals surface area contributed by atoms with Crippen LogP contribution < -0.4 is 5.32 Å². The summed E-state index contributed by atoms with van der Waals surface area (Å²) < 4.78 is 6.65. The van der Waals surface area contributed by atoms with Crippen LogP contribution in [0.5, 0.6) is 0 Å². The molecule has 0 bridgehead atoms. The Balaban J connectivity index is 1.94. The van der Waals surface area contributed by atoms with Crippen LogP contribution in [0.1, 0.15) is 31.9 Å². The first kappa shape index (κ1) is 19.1. The molecule has 1 aliphatic rings. The van der Waals surface area contributed by atoms with Crippen LogP contribution in [-0.4, -0.2) is 21.5 Å². The molecule has 2 nitrogen and oxygen atoms in total. The lowest BCUT2D eigenvalue weighted by Crippen LogP contribution is -2.48. The maximum atomic E-state index is 6.65. The van der Waals surface area contributed by atoms with Crippen LogP contribution >= 0.6 is 0 Å². The average molecular weight is 366 g/mol. The molecule has 1 heterocycles. The highest BCUT2D eigenvalue weighted by Crippen LogP contribution is 2.39. The van der Waals surface area contributed by atoms with Gasteiger partial charge in [-0.2, -0.15) is 0 Å². The Morgan fingerprint density at radius 3 is 2.12 bits per heavy atom. The number of nitrogens with one attached hydrogen (secondary N) is 1. The molecule has 0 saturated carbocycles. The van der Waals surface area contributed by atoms with Crippen molar-refractivity contribution in [2.24, 2.45) is 0 Å². The van der Waals surface area contributed by atoms with Gasteiger partial charge in [-0.05, 0) is 34.8 Å². The van der Waals surface area contributed by atoms with Crippen molar-refractivity contribution in [2.75, 3.05) is 13.2 Å². The molecule has 0 fully saturated rings. The molecule has 1 atom stereocenters. The fourth-order valence-corrected chi connectivity index (χ4v) is 4.12. The van der Waals surface area contributed by atoms with E-state index in [1.807, 2.05) is 0 Å². The van der Waals surface area contributed by atoms with Crippen LogP contribution in [0.4, 0.5) is 0 Å². The third-order valence-electron chi connectivity index (χ3n) is 5.92. The van der Waals surface area contributed by atoms with E-state index in [0.717, 1.165) is 6.54 Å². The molecule has 26 heavy (non-hydrogen) atoms. The monoisotopic (exact) mass is 365 g/mol. The maximum absolute atomic E-state index is 6.65. The zero-order chi connectivity index (χ0) is 18.8. The van der Waals surface area contributed by atoms with E-state index in [1.165, 1.54) is 16.7 Å². The lowest BCUT2D eigenvalue weighted by molar-refractivity contribution is 0.210. The van der Waals surface area contributed by atoms with E-state index in [-0.39, 0.29) is 10.6 Å². The van der Waals surface area contributed by atoms with Crippen molar-refractivity contribution in [2.45, 2.75) is 44.4 Å². The number of rotatable bonds is 5. The van der Waals surface area contributed by atoms with Crippen LogP contribution in [0.25, 0.3) is 5.57 Å². The molecule has 2 aromatic carbocycles. The first-order chi connectivity index (χ1) is 12.2. The minimum absolute atomic E-state index is 0.204. The normalized spacial score (nSPS) is 20.9. The first-order valence-corrected chi connectivity index (χ1v) is 12.4. The highest BCUT2D eigenvalue weighted by molar-refractivity contribution is 6.74. The molecule has 1 N–H and O–H groups in total. The topological polar surface area (TPSA) is 21.3 Å². The van der Waals surface area contributed by atoms with Gasteiger partial charge in [-0.3, -0.25) is 5.32 Å². The minimum atomic E-state index is -1.82. The predicted molar refractivity (Wildman–Crippen MR) is 114 cm³/mol. The van der Waals surface area contributed by atoms with Gasteiger partial charge in [0.05, 0.1) is 12.1 Å². The van der Waals surface area contributed by atoms with E-state index in [1.54, 1.807) is 0 Å². The summed E-state index contributed by atoms with van der Waals surface area (Å²) in [5, 5.41) is 3.97. The highest BCUT2D eigenvalue weighted by atomic mass is 28.4. The average Bonchev–Trinajstić information content (AvgIpc) is 3.07. The van der Waals surface area contributed by atoms with E-state index < -0.39 is 8.32 Å². The fourth-order valence-electron chi connectivity index (χ4n) is 3.10. The van der Waals surface area contributed by atoms with Gasteiger partial charge in [0.15, 0.2) is 8.32 Å². The van der Waals surface area contributed by atoms with Crippen LogP contribution in [0.15, 0.2) is 66.7 Å². The van der Waals surface area contributed by atoms with Crippen molar-refractivity contribution >= 4 is 13.9 Å². The molecule has 1 aliphatic heterocycles. The zero-order valence-electron chi connectivity index (χ0n) is 16.7. The molecular formula is C23H31NOSi. The molecule has 0 saturated heterocycles. The molecule has 3 rings (SSSR count). The van der Waals surface area contributed by atoms with Crippen molar-refractivity contribution in [1.29, 1.82) is 0 Å². The smallest absolute Gasteiger partial charge is 0.192 e. The van der Waals surface area contributed by atoms with Crippen molar-refractivity contribution in [1.82, 2.24) is 5.32 Å². The van der Waals surface area contributed by atoms with Crippen molar-refractivity contribution < 1.29 is 4.43 Å². The Bertz CT molecular complexity index is 762. The second-order valence-electron chi connectivity index (χ2n) is 8.78. The Morgan fingerprint density at radius 2 is 1.54 bits per heavy atom. The van der Waals surface area contributed by atoms with Crippen molar-refractivity contribution in [3.63, 3.8) is 0 Å². The SMILES string of the molecule is CC(C)(C)[Si](C)(C)OCC1(c2ccccc2)C=C(c2ccccc2)CN1. The summed E-state index contributed by atoms with van der Waals surface area (Å²) in [7, 11) is -1.82. The predicted octanol–water partition coefficient (Wildman–Crippen LogP) is 5.59. The largest absolute Gasteiger partial charge is 0.414 e. The summed E-state index contributed by atoms with van der Waals surface area (Å²) in [6, 6.07) is 21.3. The van der Waals surface area contributed by atoms with Gasteiger partial charge in [0.2, 0.25) is 0 Å². The van der Waals surface area contributed by atoms with Gasteiger partial charge < -0.3 is 4.43 Å². The maximum Gasteiger partial charge on any atom is 0.192 e. The number of hydrogen-bond donors (Lipinski definition) is 1. The van der Waals surface area contributed by atoms with Gasteiger partial charge >= 0.3 is 0 Å². The molecule has 0 aromatic heterocycles. The van der Waals surface area contributed by atoms with Crippen LogP contribution in [0.3, 0.4) is 0 Å². The summed E-state index contributed by atoms with van der Waals surface area (Å²) in [6.45, 7) is 13.1. The number of hydrogen-bond acceptors (Lipinski definition) is 2. The second kappa shape index (κ2) is 7.14. The zero-order valence-corrected chi connectivity index (χ0v) is 17.7. The van der Waals surface area contributed by atoms with Gasteiger partial charge in [0, 0.05) is 6.54 Å². The Hall–Kier alpha value is -1.68. The quantitative estimate of drug-likeness (QED) is 0.697. The molecule has 3 heteroatoms. The molecule has 138 valence electrons. The first-order valence-electron chi connectivity index (χ1n) is 9.45. The lowest BCUT2D eigenvalue weighted by atomic mass is 9.90. The Morgan fingerprint density at radius 1 is 0.962 bits per heavy atom. The summed E-state index contributed by atoms with van der Waals surface area (Å²) in [4.78, 5) is 0. The van der Waals surface area contributed by atoms with E-state index in [9.17, 15) is 0 Å². The van der Waals surface area contributed by atoms with Crippen LogP contribution in [0, 0.1) is 0 Å². The van der Waals surface area contributed by atoms with Crippen molar-refractivity contribution in [3.05, 3.63) is 77.9 Å². The van der Waals surface area contributed by atoms with E-state index >= 15 is 0 Å². The molecular weight excluding hydrogens is 334 g/mol. The Labute approximate surface area is 159 Å². The summed E-state index contributed by atoms with van der Waals surface area (Å²) in [5.74, 6) is 0. The molecule has 0 radical (unpaired) electrons. The van der Waals surface area contributed by atoms with E-state index in [4.69, 9.17) is 4.43 Å². The molecule has 0 spiro atoms. The van der Waals surface area contributed by atoms with Gasteiger partial charge in [-0.25, -0.2) is 0 Å². The minimum Gasteiger partial charge on any atom is -0.414 e. The van der Waals surface area contributed by atoms with Gasteiger partial charge in [0.25, 0.3) is 0 Å². The lowest BCUT2D eigenvalue weighted by Gasteiger charge is -2.40. The highest BCUT2D eigenvalue weighted by Gasteiger charge is 2.42. The van der Waals surface area contributed by atoms with Gasteiger partial charge in [0.1, 0.15) is 0 Å². The third kappa shape index (κ3) is 3.85. The second-order valence-corrected chi connectivity index (χ2v) is 13.6. The Kier molecular flexibility index (Phi) is 5.25. The number of benzene rings is 2. The van der Waals surface area contributed by atoms with E-state index in [2.05, 4.69) is 106 Å². The summed E-state index contributed by atoms with van der Waals surface area (Å²) in [5.41, 5.74) is 3.63.